The second kappa shape index (κ2) is 9.10. The van der Waals surface area contributed by atoms with E-state index < -0.39 is 46.4 Å². The van der Waals surface area contributed by atoms with Crippen molar-refractivity contribution >= 4 is 23.2 Å². The number of hydrogen-bond donors (Lipinski definition) is 1. The molecule has 3 heterocycles. The predicted octanol–water partition coefficient (Wildman–Crippen LogP) is 4.26. The quantitative estimate of drug-likeness (QED) is 0.606. The first-order chi connectivity index (χ1) is 16.5. The Bertz CT molecular complexity index is 1170. The summed E-state index contributed by atoms with van der Waals surface area (Å²) >= 11 is 0. The maximum atomic E-state index is 15.2. The highest BCUT2D eigenvalue weighted by atomic mass is 19.3. The first kappa shape index (κ1) is 24.9. The molecular formula is C24H25F4N3O4. The van der Waals surface area contributed by atoms with Crippen molar-refractivity contribution in [1.82, 2.24) is 10.3 Å². The Hall–Kier alpha value is -3.21. The van der Waals surface area contributed by atoms with Gasteiger partial charge in [-0.1, -0.05) is 0 Å². The zero-order chi connectivity index (χ0) is 25.5. The van der Waals surface area contributed by atoms with Crippen molar-refractivity contribution < 1.29 is 36.6 Å². The van der Waals surface area contributed by atoms with Gasteiger partial charge in [0.1, 0.15) is 11.4 Å². The molecule has 1 N–H and O–H groups in total. The van der Waals surface area contributed by atoms with Crippen molar-refractivity contribution in [1.29, 1.82) is 0 Å². The highest BCUT2D eigenvalue weighted by Gasteiger charge is 2.47. The predicted molar refractivity (Wildman–Crippen MR) is 118 cm³/mol. The van der Waals surface area contributed by atoms with Crippen molar-refractivity contribution in [3.05, 3.63) is 47.2 Å². The number of benzene rings is 1. The number of amides is 2. The van der Waals surface area contributed by atoms with E-state index in [2.05, 4.69) is 10.3 Å². The number of alkyl halides is 2. The Balaban J connectivity index is 1.76. The van der Waals surface area contributed by atoms with Gasteiger partial charge in [-0.25, -0.2) is 22.5 Å². The van der Waals surface area contributed by atoms with E-state index in [9.17, 15) is 22.8 Å². The van der Waals surface area contributed by atoms with Gasteiger partial charge in [-0.3, -0.25) is 14.5 Å². The molecule has 0 spiro atoms. The fourth-order valence-corrected chi connectivity index (χ4v) is 4.40. The number of fused-ring (bicyclic) bond motifs is 1. The molecule has 2 amide bonds. The Morgan fingerprint density at radius 2 is 1.86 bits per heavy atom. The Kier molecular flexibility index (Phi) is 6.48. The van der Waals surface area contributed by atoms with Crippen LogP contribution in [-0.2, 0) is 14.9 Å². The molecule has 2 aliphatic rings. The lowest BCUT2D eigenvalue weighted by molar-refractivity contribution is -0.121. The minimum Gasteiger partial charge on any atom is -0.478 e. The van der Waals surface area contributed by atoms with Crippen LogP contribution in [0.4, 0.5) is 28.9 Å². The van der Waals surface area contributed by atoms with Crippen LogP contribution in [0.3, 0.4) is 0 Å². The zero-order valence-corrected chi connectivity index (χ0v) is 19.5. The minimum atomic E-state index is -2.88. The van der Waals surface area contributed by atoms with E-state index in [4.69, 9.17) is 9.47 Å². The summed E-state index contributed by atoms with van der Waals surface area (Å²) in [6.45, 7) is 5.15. The molecule has 2 aliphatic heterocycles. The summed E-state index contributed by atoms with van der Waals surface area (Å²) < 4.78 is 68.0. The van der Waals surface area contributed by atoms with Crippen molar-refractivity contribution in [3.63, 3.8) is 0 Å². The molecule has 35 heavy (non-hydrogen) atoms. The van der Waals surface area contributed by atoms with E-state index >= 15 is 4.39 Å². The van der Waals surface area contributed by atoms with Gasteiger partial charge in [-0.2, -0.15) is 0 Å². The van der Waals surface area contributed by atoms with Crippen LogP contribution in [0, 0.1) is 11.6 Å². The Labute approximate surface area is 199 Å². The van der Waals surface area contributed by atoms with Gasteiger partial charge in [-0.05, 0) is 51.3 Å². The third-order valence-corrected chi connectivity index (χ3v) is 6.49. The van der Waals surface area contributed by atoms with Gasteiger partial charge in [0.05, 0.1) is 35.2 Å². The number of aromatic nitrogens is 1. The van der Waals surface area contributed by atoms with Crippen LogP contribution in [0.15, 0.2) is 24.4 Å². The van der Waals surface area contributed by atoms with Crippen molar-refractivity contribution in [3.8, 4) is 5.88 Å². The van der Waals surface area contributed by atoms with E-state index in [1.54, 1.807) is 20.8 Å². The van der Waals surface area contributed by atoms with E-state index in [1.807, 2.05) is 0 Å². The summed E-state index contributed by atoms with van der Waals surface area (Å²) in [5.74, 6) is -3.37. The van der Waals surface area contributed by atoms with E-state index in [1.165, 1.54) is 12.1 Å². The van der Waals surface area contributed by atoms with Crippen LogP contribution in [0.5, 0.6) is 5.88 Å². The van der Waals surface area contributed by atoms with Gasteiger partial charge in [0, 0.05) is 19.3 Å². The van der Waals surface area contributed by atoms with E-state index in [0.717, 1.165) is 17.2 Å². The van der Waals surface area contributed by atoms with Gasteiger partial charge in [-0.15, -0.1) is 0 Å². The van der Waals surface area contributed by atoms with Crippen LogP contribution in [0.1, 0.15) is 49.5 Å². The number of pyridine rings is 1. The largest absolute Gasteiger partial charge is 0.478 e. The molecule has 0 aliphatic carbocycles. The lowest BCUT2D eigenvalue weighted by atomic mass is 9.85. The fourth-order valence-electron chi connectivity index (χ4n) is 4.40. The topological polar surface area (TPSA) is 80.8 Å². The average molecular weight is 495 g/mol. The number of ether oxygens (including phenoxy) is 2. The lowest BCUT2D eigenvalue weighted by Crippen LogP contribution is -2.57. The molecule has 7 nitrogen and oxygen atoms in total. The van der Waals surface area contributed by atoms with Gasteiger partial charge < -0.3 is 14.8 Å². The van der Waals surface area contributed by atoms with Gasteiger partial charge in [0.15, 0.2) is 5.82 Å². The Morgan fingerprint density at radius 1 is 1.17 bits per heavy atom. The number of hydrogen-bond acceptors (Lipinski definition) is 5. The molecule has 0 bridgehead atoms. The third-order valence-electron chi connectivity index (χ3n) is 6.49. The number of halogens is 4. The van der Waals surface area contributed by atoms with Crippen LogP contribution >= 0.6 is 0 Å². The number of nitrogens with one attached hydrogen (secondary N) is 1. The summed E-state index contributed by atoms with van der Waals surface area (Å²) in [5.41, 5.74) is -3.48. The standard InChI is InChI=1S/C24H25F4N3O4/c1-4-35-19-11-18(16(26)12-29-19)31-17-10-15(25)13(9-14(17)23(2,3)22(31)33)20(32)30-24(21(27)28)5-7-34-8-6-24/h9-12,21H,4-8H2,1-3H3,(H,30,32). The molecule has 0 atom stereocenters. The molecule has 1 aromatic heterocycles. The fraction of sp³-hybridized carbons (Fsp3) is 0.458. The molecule has 2 aromatic rings. The smallest absolute Gasteiger partial charge is 0.261 e. The summed E-state index contributed by atoms with van der Waals surface area (Å²) in [5, 5.41) is 2.30. The zero-order valence-electron chi connectivity index (χ0n) is 19.5. The SMILES string of the molecule is CCOc1cc(N2C(=O)C(C)(C)c3cc(C(=O)NC4(C(F)F)CCOCC4)c(F)cc32)c(F)cn1. The second-order valence-corrected chi connectivity index (χ2v) is 9.05. The Morgan fingerprint density at radius 3 is 2.49 bits per heavy atom. The highest BCUT2D eigenvalue weighted by Crippen LogP contribution is 2.47. The van der Waals surface area contributed by atoms with Gasteiger partial charge in [0.25, 0.3) is 12.3 Å². The molecule has 4 rings (SSSR count). The van der Waals surface area contributed by atoms with Crippen LogP contribution in [-0.4, -0.2) is 48.6 Å². The molecule has 0 radical (unpaired) electrons. The number of carbonyl (C=O) groups is 2. The summed E-state index contributed by atoms with van der Waals surface area (Å²) in [4.78, 5) is 31.1. The molecule has 1 fully saturated rings. The maximum absolute atomic E-state index is 15.2. The van der Waals surface area contributed by atoms with E-state index in [0.29, 0.717) is 0 Å². The molecule has 188 valence electrons. The molecule has 1 aromatic carbocycles. The normalized spacial score (nSPS) is 18.5. The highest BCUT2D eigenvalue weighted by molar-refractivity contribution is 6.13. The van der Waals surface area contributed by atoms with Crippen LogP contribution in [0.25, 0.3) is 0 Å². The summed E-state index contributed by atoms with van der Waals surface area (Å²) in [6.07, 6.45) is -2.22. The average Bonchev–Trinajstić information content (AvgIpc) is 3.00. The molecule has 0 saturated carbocycles. The molecular weight excluding hydrogens is 470 g/mol. The van der Waals surface area contributed by atoms with E-state index in [-0.39, 0.29) is 55.5 Å². The number of rotatable bonds is 6. The van der Waals surface area contributed by atoms with Crippen molar-refractivity contribution in [2.24, 2.45) is 0 Å². The van der Waals surface area contributed by atoms with Crippen LogP contribution in [0.2, 0.25) is 0 Å². The monoisotopic (exact) mass is 495 g/mol. The molecule has 11 heteroatoms. The number of nitrogens with zero attached hydrogens (tertiary/aromatic N) is 2. The van der Waals surface area contributed by atoms with Crippen molar-refractivity contribution in [2.45, 2.75) is 51.0 Å². The molecule has 1 saturated heterocycles. The van der Waals surface area contributed by atoms with Gasteiger partial charge in [0.2, 0.25) is 11.8 Å². The first-order valence-corrected chi connectivity index (χ1v) is 11.2. The minimum absolute atomic E-state index is 0.0367. The van der Waals surface area contributed by atoms with Gasteiger partial charge >= 0.3 is 0 Å². The van der Waals surface area contributed by atoms with Crippen LogP contribution < -0.4 is 15.0 Å². The lowest BCUT2D eigenvalue weighted by Gasteiger charge is -2.37. The first-order valence-electron chi connectivity index (χ1n) is 11.2. The molecule has 0 unspecified atom stereocenters. The summed E-state index contributed by atoms with van der Waals surface area (Å²) in [7, 11) is 0. The van der Waals surface area contributed by atoms with Crippen molar-refractivity contribution in [2.75, 3.05) is 24.7 Å². The number of anilines is 2. The third kappa shape index (κ3) is 4.22. The summed E-state index contributed by atoms with van der Waals surface area (Å²) in [6, 6.07) is 3.34. The maximum Gasteiger partial charge on any atom is 0.261 e. The number of carbonyl (C=O) groups excluding carboxylic acids is 2. The second-order valence-electron chi connectivity index (χ2n) is 9.05.